The number of methoxy groups -OCH3 is 2. The van der Waals surface area contributed by atoms with Crippen molar-refractivity contribution < 1.29 is 42.9 Å². The van der Waals surface area contributed by atoms with E-state index >= 15 is 0 Å². The Morgan fingerprint density at radius 3 is 2.11 bits per heavy atom. The molecule has 0 aliphatic carbocycles. The number of rotatable bonds is 9. The molecule has 10 nitrogen and oxygen atoms in total. The lowest BCUT2D eigenvalue weighted by Crippen LogP contribution is -2.59. The van der Waals surface area contributed by atoms with E-state index in [-0.39, 0.29) is 26.2 Å². The van der Waals surface area contributed by atoms with Crippen LogP contribution in [-0.4, -0.2) is 56.1 Å². The Labute approximate surface area is 203 Å². The monoisotopic (exact) mass is 487 g/mol. The summed E-state index contributed by atoms with van der Waals surface area (Å²) >= 11 is 0. The Hall–Kier alpha value is -3.79. The number of esters is 2. The maximum atomic E-state index is 13.2. The molecule has 0 radical (unpaired) electrons. The van der Waals surface area contributed by atoms with E-state index < -0.39 is 29.7 Å². The van der Waals surface area contributed by atoms with Gasteiger partial charge in [-0.2, -0.15) is 5.06 Å². The fraction of sp³-hybridized carbons (Fsp3) is 0.400. The predicted molar refractivity (Wildman–Crippen MR) is 122 cm³/mol. The average Bonchev–Trinajstić information content (AvgIpc) is 3.30. The molecule has 188 valence electrons. The first-order chi connectivity index (χ1) is 16.9. The van der Waals surface area contributed by atoms with E-state index in [1.165, 1.54) is 14.2 Å². The fourth-order valence-corrected chi connectivity index (χ4v) is 3.73. The van der Waals surface area contributed by atoms with Gasteiger partial charge in [-0.25, -0.2) is 14.4 Å². The van der Waals surface area contributed by atoms with Gasteiger partial charge >= 0.3 is 18.0 Å². The molecular weight excluding hydrogens is 458 g/mol. The maximum Gasteiger partial charge on any atom is 0.435 e. The number of hydrogen-bond acceptors (Lipinski definition) is 9. The van der Waals surface area contributed by atoms with E-state index in [9.17, 15) is 14.4 Å². The molecule has 1 aliphatic heterocycles. The largest absolute Gasteiger partial charge is 0.493 e. The van der Waals surface area contributed by atoms with Gasteiger partial charge in [-0.05, 0) is 37.1 Å². The molecule has 0 N–H and O–H groups in total. The smallest absolute Gasteiger partial charge is 0.435 e. The summed E-state index contributed by atoms with van der Waals surface area (Å²) in [4.78, 5) is 45.4. The van der Waals surface area contributed by atoms with Crippen molar-refractivity contribution in [2.45, 2.75) is 38.5 Å². The topological polar surface area (TPSA) is 110 Å². The Balaban J connectivity index is 1.99. The summed E-state index contributed by atoms with van der Waals surface area (Å²) in [6, 6.07) is 14.0. The van der Waals surface area contributed by atoms with Gasteiger partial charge < -0.3 is 23.7 Å². The second-order valence-corrected chi connectivity index (χ2v) is 7.55. The van der Waals surface area contributed by atoms with Gasteiger partial charge in [0.2, 0.25) is 0 Å². The van der Waals surface area contributed by atoms with E-state index in [1.807, 2.05) is 6.07 Å². The molecule has 1 heterocycles. The van der Waals surface area contributed by atoms with Gasteiger partial charge in [-0.3, -0.25) is 4.84 Å². The van der Waals surface area contributed by atoms with Crippen LogP contribution in [-0.2, 0) is 35.2 Å². The van der Waals surface area contributed by atoms with Crippen molar-refractivity contribution in [1.29, 1.82) is 0 Å². The molecule has 3 rings (SSSR count). The van der Waals surface area contributed by atoms with Crippen molar-refractivity contribution >= 4 is 18.0 Å². The van der Waals surface area contributed by atoms with Gasteiger partial charge in [0, 0.05) is 6.42 Å². The van der Waals surface area contributed by atoms with Gasteiger partial charge in [-0.1, -0.05) is 36.4 Å². The number of carbonyl (C=O) groups excluding carboxylic acids is 3. The number of carbonyl (C=O) groups is 3. The highest BCUT2D eigenvalue weighted by molar-refractivity contribution is 6.07. The summed E-state index contributed by atoms with van der Waals surface area (Å²) in [7, 11) is 2.98. The molecule has 1 amide bonds. The third-order valence-electron chi connectivity index (χ3n) is 5.44. The number of amides is 1. The van der Waals surface area contributed by atoms with E-state index in [2.05, 4.69) is 0 Å². The van der Waals surface area contributed by atoms with Gasteiger partial charge in [-0.15, -0.1) is 0 Å². The van der Waals surface area contributed by atoms with Crippen LogP contribution < -0.4 is 9.47 Å². The Morgan fingerprint density at radius 1 is 0.914 bits per heavy atom. The first kappa shape index (κ1) is 25.8. The Morgan fingerprint density at radius 2 is 1.54 bits per heavy atom. The van der Waals surface area contributed by atoms with Crippen molar-refractivity contribution in [2.75, 3.05) is 27.4 Å². The minimum Gasteiger partial charge on any atom is -0.493 e. The van der Waals surface area contributed by atoms with Gasteiger partial charge in [0.25, 0.3) is 5.54 Å². The van der Waals surface area contributed by atoms with E-state index in [4.69, 9.17) is 28.5 Å². The number of hydroxylamine groups is 2. The Kier molecular flexibility index (Phi) is 8.53. The molecule has 0 spiro atoms. The maximum absolute atomic E-state index is 13.2. The zero-order valence-electron chi connectivity index (χ0n) is 20.1. The first-order valence-corrected chi connectivity index (χ1v) is 11.1. The van der Waals surface area contributed by atoms with Gasteiger partial charge in [0.15, 0.2) is 11.5 Å². The number of nitrogens with zero attached hydrogens (tertiary/aromatic N) is 1. The SMILES string of the molecule is CCOC(=O)C1(C(=O)OCC)CC(c2ccc(OC)c(OC)c2)ON1C(=O)OCc1ccccc1. The Bertz CT molecular complexity index is 1020. The summed E-state index contributed by atoms with van der Waals surface area (Å²) in [6.07, 6.45) is -2.17. The highest BCUT2D eigenvalue weighted by Gasteiger charge is 2.64. The van der Waals surface area contributed by atoms with E-state index in [0.29, 0.717) is 27.7 Å². The minimum atomic E-state index is -2.20. The molecule has 35 heavy (non-hydrogen) atoms. The highest BCUT2D eigenvalue weighted by Crippen LogP contribution is 2.44. The zero-order valence-corrected chi connectivity index (χ0v) is 20.1. The lowest BCUT2D eigenvalue weighted by atomic mass is 9.90. The van der Waals surface area contributed by atoms with Crippen LogP contribution in [0.3, 0.4) is 0 Å². The normalized spacial score (nSPS) is 16.3. The molecule has 10 heteroatoms. The molecule has 1 atom stereocenters. The quantitative estimate of drug-likeness (QED) is 0.298. The molecule has 0 bridgehead atoms. The van der Waals surface area contributed by atoms with Crippen molar-refractivity contribution in [3.8, 4) is 11.5 Å². The number of benzene rings is 2. The molecule has 1 fully saturated rings. The standard InChI is InChI=1S/C25H29NO9/c1-5-32-22(27)25(23(28)33-6-2)15-21(18-12-13-19(30-3)20(14-18)31-4)35-26(25)24(29)34-16-17-10-8-7-9-11-17/h7-14,21H,5-6,15-16H2,1-4H3. The summed E-state index contributed by atoms with van der Waals surface area (Å²) in [6.45, 7) is 3.05. The predicted octanol–water partition coefficient (Wildman–Crippen LogP) is 3.58. The molecule has 2 aromatic rings. The van der Waals surface area contributed by atoms with Crippen molar-refractivity contribution in [2.24, 2.45) is 0 Å². The lowest BCUT2D eigenvalue weighted by molar-refractivity contribution is -0.201. The fourth-order valence-electron chi connectivity index (χ4n) is 3.73. The van der Waals surface area contributed by atoms with Crippen LogP contribution in [0.25, 0.3) is 0 Å². The van der Waals surface area contributed by atoms with Crippen molar-refractivity contribution in [1.82, 2.24) is 5.06 Å². The second kappa shape index (κ2) is 11.6. The molecule has 1 unspecified atom stereocenters. The third kappa shape index (κ3) is 5.32. The van der Waals surface area contributed by atoms with Crippen LogP contribution in [0.5, 0.6) is 11.5 Å². The van der Waals surface area contributed by atoms with Crippen LogP contribution in [0.1, 0.15) is 37.5 Å². The molecular formula is C25H29NO9. The lowest BCUT2D eigenvalue weighted by Gasteiger charge is -2.30. The second-order valence-electron chi connectivity index (χ2n) is 7.55. The number of hydrogen-bond donors (Lipinski definition) is 0. The van der Waals surface area contributed by atoms with Crippen LogP contribution in [0, 0.1) is 0 Å². The highest BCUT2D eigenvalue weighted by atomic mass is 16.8. The van der Waals surface area contributed by atoms with Gasteiger partial charge in [0.1, 0.15) is 12.7 Å². The van der Waals surface area contributed by atoms with Crippen LogP contribution in [0.15, 0.2) is 48.5 Å². The molecule has 0 saturated carbocycles. The zero-order chi connectivity index (χ0) is 25.4. The molecule has 0 aromatic heterocycles. The molecule has 1 aliphatic rings. The van der Waals surface area contributed by atoms with E-state index in [0.717, 1.165) is 0 Å². The number of ether oxygens (including phenoxy) is 5. The third-order valence-corrected chi connectivity index (χ3v) is 5.44. The van der Waals surface area contributed by atoms with Crippen LogP contribution in [0.4, 0.5) is 4.79 Å². The van der Waals surface area contributed by atoms with Crippen molar-refractivity contribution in [3.63, 3.8) is 0 Å². The summed E-state index contributed by atoms with van der Waals surface area (Å²) in [5.41, 5.74) is -0.939. The molecule has 2 aromatic carbocycles. The summed E-state index contributed by atoms with van der Waals surface area (Å²) in [5.74, 6) is -1.05. The minimum absolute atomic E-state index is 0.0199. The molecule has 1 saturated heterocycles. The van der Waals surface area contributed by atoms with E-state index in [1.54, 1.807) is 56.3 Å². The summed E-state index contributed by atoms with van der Waals surface area (Å²) < 4.78 is 26.4. The van der Waals surface area contributed by atoms with Crippen LogP contribution >= 0.6 is 0 Å². The first-order valence-electron chi connectivity index (χ1n) is 11.1. The van der Waals surface area contributed by atoms with Crippen molar-refractivity contribution in [3.05, 3.63) is 59.7 Å². The van der Waals surface area contributed by atoms with Crippen LogP contribution in [0.2, 0.25) is 0 Å². The average molecular weight is 488 g/mol. The van der Waals surface area contributed by atoms with Gasteiger partial charge in [0.05, 0.1) is 27.4 Å². The summed E-state index contributed by atoms with van der Waals surface area (Å²) in [5, 5.41) is 0.632.